The van der Waals surface area contributed by atoms with Crippen molar-refractivity contribution >= 4 is 34.2 Å². The second kappa shape index (κ2) is 7.08. The van der Waals surface area contributed by atoms with Gasteiger partial charge in [-0.25, -0.2) is 4.98 Å². The van der Waals surface area contributed by atoms with E-state index in [-0.39, 0.29) is 11.8 Å². The van der Waals surface area contributed by atoms with Crippen molar-refractivity contribution < 1.29 is 9.53 Å². The molecular formula is C21H20ClN3O2. The molecule has 0 saturated carbocycles. The number of fused-ring (bicyclic) bond motifs is 1. The normalized spacial score (nSPS) is 16.9. The minimum absolute atomic E-state index is 0.00598. The van der Waals surface area contributed by atoms with Crippen LogP contribution in [0.1, 0.15) is 18.2 Å². The third-order valence-electron chi connectivity index (χ3n) is 4.92. The van der Waals surface area contributed by atoms with Crippen molar-refractivity contribution in [1.29, 1.82) is 0 Å². The Bertz CT molecular complexity index is 1030. The Morgan fingerprint density at radius 3 is 2.93 bits per heavy atom. The number of hydrogen-bond donors (Lipinski definition) is 0. The molecule has 1 aliphatic heterocycles. The van der Waals surface area contributed by atoms with Gasteiger partial charge >= 0.3 is 0 Å². The van der Waals surface area contributed by atoms with Gasteiger partial charge in [0.1, 0.15) is 11.6 Å². The van der Waals surface area contributed by atoms with Crippen molar-refractivity contribution in [2.45, 2.75) is 18.9 Å². The van der Waals surface area contributed by atoms with Gasteiger partial charge in [0.05, 0.1) is 23.8 Å². The number of benzene rings is 2. The van der Waals surface area contributed by atoms with Crippen LogP contribution in [0.25, 0.3) is 11.0 Å². The Morgan fingerprint density at radius 1 is 1.33 bits per heavy atom. The second-order valence-electron chi connectivity index (χ2n) is 6.58. The summed E-state index contributed by atoms with van der Waals surface area (Å²) in [7, 11) is 1.59. The average Bonchev–Trinajstić information content (AvgIpc) is 3.23. The summed E-state index contributed by atoms with van der Waals surface area (Å²) in [6.07, 6.45) is 2.25. The molecule has 2 aromatic carbocycles. The van der Waals surface area contributed by atoms with E-state index in [4.69, 9.17) is 21.3 Å². The lowest BCUT2D eigenvalue weighted by atomic mass is 10.1. The van der Waals surface area contributed by atoms with Crippen LogP contribution in [0.3, 0.4) is 0 Å². The van der Waals surface area contributed by atoms with Crippen LogP contribution in [0.15, 0.2) is 55.1 Å². The van der Waals surface area contributed by atoms with Crippen LogP contribution in [0, 0.1) is 0 Å². The van der Waals surface area contributed by atoms with E-state index in [1.807, 2.05) is 30.3 Å². The molecule has 1 aromatic heterocycles. The van der Waals surface area contributed by atoms with Crippen molar-refractivity contribution in [2.24, 2.45) is 0 Å². The molecule has 1 aliphatic rings. The maximum absolute atomic E-state index is 12.8. The lowest BCUT2D eigenvalue weighted by Crippen LogP contribution is -2.25. The molecule has 138 valence electrons. The van der Waals surface area contributed by atoms with E-state index in [1.54, 1.807) is 30.2 Å². The molecule has 27 heavy (non-hydrogen) atoms. The highest BCUT2D eigenvalue weighted by Crippen LogP contribution is 2.38. The first-order chi connectivity index (χ1) is 13.1. The zero-order valence-electron chi connectivity index (χ0n) is 15.1. The molecule has 0 bridgehead atoms. The minimum Gasteiger partial charge on any atom is -0.495 e. The number of imidazole rings is 1. The molecule has 0 N–H and O–H groups in total. The van der Waals surface area contributed by atoms with E-state index in [9.17, 15) is 4.79 Å². The molecule has 1 amide bonds. The molecule has 1 saturated heterocycles. The zero-order valence-corrected chi connectivity index (χ0v) is 15.8. The van der Waals surface area contributed by atoms with Crippen molar-refractivity contribution in [3.05, 3.63) is 66.0 Å². The van der Waals surface area contributed by atoms with E-state index < -0.39 is 0 Å². The van der Waals surface area contributed by atoms with E-state index in [2.05, 4.69) is 11.1 Å². The number of methoxy groups -OCH3 is 1. The number of halogens is 1. The van der Waals surface area contributed by atoms with Crippen LogP contribution in [0.4, 0.5) is 5.69 Å². The zero-order chi connectivity index (χ0) is 19.0. The topological polar surface area (TPSA) is 47.4 Å². The Hall–Kier alpha value is -2.79. The fourth-order valence-corrected chi connectivity index (χ4v) is 3.88. The maximum Gasteiger partial charge on any atom is 0.227 e. The Balaban J connectivity index is 1.73. The van der Waals surface area contributed by atoms with E-state index >= 15 is 0 Å². The fraction of sp³-hybridized carbons (Fsp3) is 0.238. The van der Waals surface area contributed by atoms with Crippen molar-refractivity contribution in [3.63, 3.8) is 0 Å². The van der Waals surface area contributed by atoms with E-state index in [1.165, 1.54) is 0 Å². The smallest absolute Gasteiger partial charge is 0.227 e. The monoisotopic (exact) mass is 381 g/mol. The summed E-state index contributed by atoms with van der Waals surface area (Å²) < 4.78 is 7.56. The van der Waals surface area contributed by atoms with Gasteiger partial charge in [0.25, 0.3) is 0 Å². The highest BCUT2D eigenvalue weighted by atomic mass is 35.5. The number of para-hydroxylation sites is 2. The number of hydrogen-bond acceptors (Lipinski definition) is 3. The van der Waals surface area contributed by atoms with Crippen LogP contribution in [-0.2, 0) is 11.3 Å². The number of rotatable bonds is 5. The molecule has 2 heterocycles. The maximum atomic E-state index is 12.8. The third kappa shape index (κ3) is 3.08. The number of aromatic nitrogens is 2. The van der Waals surface area contributed by atoms with Crippen LogP contribution in [-0.4, -0.2) is 29.1 Å². The first kappa shape index (κ1) is 17.6. The molecule has 4 rings (SSSR count). The fourth-order valence-electron chi connectivity index (χ4n) is 3.71. The lowest BCUT2D eigenvalue weighted by Gasteiger charge is -2.20. The van der Waals surface area contributed by atoms with Gasteiger partial charge in [-0.05, 0) is 30.3 Å². The van der Waals surface area contributed by atoms with Crippen molar-refractivity contribution in [2.75, 3.05) is 18.6 Å². The minimum atomic E-state index is -0.00598. The lowest BCUT2D eigenvalue weighted by molar-refractivity contribution is -0.117. The second-order valence-corrected chi connectivity index (χ2v) is 7.02. The predicted molar refractivity (Wildman–Crippen MR) is 108 cm³/mol. The summed E-state index contributed by atoms with van der Waals surface area (Å²) in [6, 6.07) is 13.3. The summed E-state index contributed by atoms with van der Waals surface area (Å²) in [5.74, 6) is 1.58. The number of allylic oxidation sites excluding steroid dienone is 1. The Labute approximate surface area is 162 Å². The van der Waals surface area contributed by atoms with Gasteiger partial charge in [-0.3, -0.25) is 4.79 Å². The third-order valence-corrected chi connectivity index (χ3v) is 5.15. The number of carbonyl (C=O) groups is 1. The molecule has 0 radical (unpaired) electrons. The summed E-state index contributed by atoms with van der Waals surface area (Å²) in [5, 5.41) is 0.570. The van der Waals surface area contributed by atoms with Crippen molar-refractivity contribution in [3.8, 4) is 5.75 Å². The molecule has 3 aromatic rings. The van der Waals surface area contributed by atoms with E-state index in [0.29, 0.717) is 36.0 Å². The standard InChI is InChI=1S/C21H20ClN3O2/c1-3-10-24-17-7-5-4-6-16(17)23-21(24)14-11-20(26)25(13-14)18-12-15(22)8-9-19(18)27-2/h3-9,12,14H,1,10-11,13H2,2H3. The van der Waals surface area contributed by atoms with Gasteiger partial charge < -0.3 is 14.2 Å². The summed E-state index contributed by atoms with van der Waals surface area (Å²) in [4.78, 5) is 19.4. The Kier molecular flexibility index (Phi) is 4.62. The molecule has 6 heteroatoms. The molecule has 1 atom stereocenters. The highest BCUT2D eigenvalue weighted by Gasteiger charge is 2.36. The van der Waals surface area contributed by atoms with Gasteiger partial charge in [-0.15, -0.1) is 6.58 Å². The first-order valence-electron chi connectivity index (χ1n) is 8.82. The molecule has 1 fully saturated rings. The van der Waals surface area contributed by atoms with Gasteiger partial charge in [-0.1, -0.05) is 29.8 Å². The molecule has 0 spiro atoms. The average molecular weight is 382 g/mol. The molecular weight excluding hydrogens is 362 g/mol. The predicted octanol–water partition coefficient (Wildman–Crippen LogP) is 4.40. The molecule has 5 nitrogen and oxygen atoms in total. The SMILES string of the molecule is C=CCn1c(C2CC(=O)N(c3cc(Cl)ccc3OC)C2)nc2ccccc21. The van der Waals surface area contributed by atoms with E-state index in [0.717, 1.165) is 16.9 Å². The largest absolute Gasteiger partial charge is 0.495 e. The summed E-state index contributed by atoms with van der Waals surface area (Å²) in [6.45, 7) is 5.05. The van der Waals surface area contributed by atoms with Gasteiger partial charge in [0, 0.05) is 30.5 Å². The number of anilines is 1. The van der Waals surface area contributed by atoms with Crippen LogP contribution in [0.2, 0.25) is 5.02 Å². The molecule has 1 unspecified atom stereocenters. The summed E-state index contributed by atoms with van der Waals surface area (Å²) in [5.41, 5.74) is 2.68. The first-order valence-corrected chi connectivity index (χ1v) is 9.20. The number of ether oxygens (including phenoxy) is 1. The van der Waals surface area contributed by atoms with Crippen LogP contribution >= 0.6 is 11.6 Å². The summed E-state index contributed by atoms with van der Waals surface area (Å²) >= 11 is 6.15. The number of nitrogens with zero attached hydrogens (tertiary/aromatic N) is 3. The van der Waals surface area contributed by atoms with Crippen LogP contribution < -0.4 is 9.64 Å². The van der Waals surface area contributed by atoms with Gasteiger partial charge in [-0.2, -0.15) is 0 Å². The van der Waals surface area contributed by atoms with Crippen molar-refractivity contribution in [1.82, 2.24) is 9.55 Å². The Morgan fingerprint density at radius 2 is 2.15 bits per heavy atom. The highest BCUT2D eigenvalue weighted by molar-refractivity contribution is 6.31. The van der Waals surface area contributed by atoms with Gasteiger partial charge in [0.2, 0.25) is 5.91 Å². The molecule has 0 aliphatic carbocycles. The number of amides is 1. The van der Waals surface area contributed by atoms with Gasteiger partial charge in [0.15, 0.2) is 0 Å². The number of carbonyl (C=O) groups excluding carboxylic acids is 1. The van der Waals surface area contributed by atoms with Crippen LogP contribution in [0.5, 0.6) is 5.75 Å². The quantitative estimate of drug-likeness (QED) is 0.615.